The maximum Gasteiger partial charge on any atom is 0.419 e. The standard InChI is InChI=1S/C73H136F4N12O2/c1-15-58(7)69-54-83(10)40-39-81(8)41-42-85(12)65(45-59-25-19-17-20-26-59)51-82(9)38-34-78-61(29-27-60-28-30-67(68(74)46-60)73(75,76)77)50-89-53-66(91-16-2)47-63(89)49-80-72(32-21-22-33-72)55-87(14)64(44-57(5)6)52-86(13)70(71(90)88-35-23-18-24-36-88)31-37-84(11)62(48-79-69)43-56(3)4/h28,30,46,56-59,61-66,69-70,78-80H,15-27,29,31-45,47-55H2,1-14H3/t58-,61-,62-,63-,64-,65-,66+,69+,70-/m0/s1. The molecule has 3 saturated heterocycles. The van der Waals surface area contributed by atoms with Crippen molar-refractivity contribution in [1.29, 1.82) is 0 Å². The molecule has 3 aliphatic heterocycles. The van der Waals surface area contributed by atoms with Gasteiger partial charge in [0.25, 0.3) is 0 Å². The molecule has 2 aliphatic carbocycles. The number of piperidine rings is 1. The minimum Gasteiger partial charge on any atom is -0.377 e. The van der Waals surface area contributed by atoms with Gasteiger partial charge in [-0.15, -0.1) is 0 Å². The van der Waals surface area contributed by atoms with E-state index < -0.39 is 17.6 Å². The van der Waals surface area contributed by atoms with Crippen molar-refractivity contribution in [3.05, 3.63) is 35.1 Å². The molecule has 6 rings (SSSR count). The lowest BCUT2D eigenvalue weighted by Crippen LogP contribution is -2.58. The third-order valence-electron chi connectivity index (χ3n) is 22.3. The fraction of sp³-hybridized carbons (Fsp3) is 0.904. The minimum atomic E-state index is -4.74. The summed E-state index contributed by atoms with van der Waals surface area (Å²) in [7, 11) is 16.1. The van der Waals surface area contributed by atoms with Gasteiger partial charge in [-0.2, -0.15) is 13.2 Å². The number of fused-ring (bicyclic) bond motifs is 1. The Kier molecular flexibility index (Phi) is 33.7. The molecule has 1 aromatic rings. The highest BCUT2D eigenvalue weighted by molar-refractivity contribution is 5.82. The summed E-state index contributed by atoms with van der Waals surface area (Å²) in [5, 5.41) is 12.4. The second kappa shape index (κ2) is 39.4. The van der Waals surface area contributed by atoms with Crippen molar-refractivity contribution >= 4 is 5.91 Å². The molecule has 528 valence electrons. The van der Waals surface area contributed by atoms with E-state index in [9.17, 15) is 13.2 Å². The van der Waals surface area contributed by atoms with Crippen LogP contribution in [0.3, 0.4) is 0 Å². The number of carbonyl (C=O) groups excluding carboxylic acids is 1. The average Bonchev–Trinajstić information content (AvgIpc) is 2.00. The van der Waals surface area contributed by atoms with Gasteiger partial charge in [0.1, 0.15) is 5.82 Å². The topological polar surface area (TPSA) is 91.5 Å². The van der Waals surface area contributed by atoms with Crippen molar-refractivity contribution in [2.45, 2.75) is 237 Å². The largest absolute Gasteiger partial charge is 0.419 e. The smallest absolute Gasteiger partial charge is 0.377 e. The van der Waals surface area contributed by atoms with Gasteiger partial charge in [0.2, 0.25) is 5.91 Å². The van der Waals surface area contributed by atoms with Crippen LogP contribution in [-0.4, -0.2) is 271 Å². The molecule has 2 saturated carbocycles. The molecule has 5 fully saturated rings. The highest BCUT2D eigenvalue weighted by atomic mass is 19.4. The van der Waals surface area contributed by atoms with Crippen LogP contribution in [0.2, 0.25) is 0 Å². The number of likely N-dealkylation sites (N-methyl/N-ethyl adjacent to an activating group) is 7. The summed E-state index contributed by atoms with van der Waals surface area (Å²) in [5.74, 6) is 1.41. The molecule has 0 unspecified atom stereocenters. The van der Waals surface area contributed by atoms with Gasteiger partial charge in [0.15, 0.2) is 0 Å². The number of likely N-dealkylation sites (tertiary alicyclic amines) is 1. The van der Waals surface area contributed by atoms with E-state index in [4.69, 9.17) is 4.74 Å². The first-order valence-corrected chi connectivity index (χ1v) is 36.9. The van der Waals surface area contributed by atoms with Crippen molar-refractivity contribution in [1.82, 2.24) is 60.0 Å². The second-order valence-corrected chi connectivity index (χ2v) is 31.0. The average molecular weight is 1290 g/mol. The number of ether oxygens (including phenoxy) is 1. The van der Waals surface area contributed by atoms with Gasteiger partial charge in [0.05, 0.1) is 17.7 Å². The van der Waals surface area contributed by atoms with Crippen LogP contribution >= 0.6 is 0 Å². The molecule has 1 spiro atoms. The number of hydrogen-bond acceptors (Lipinski definition) is 13. The van der Waals surface area contributed by atoms with E-state index in [-0.39, 0.29) is 35.8 Å². The highest BCUT2D eigenvalue weighted by Crippen LogP contribution is 2.35. The lowest BCUT2D eigenvalue weighted by molar-refractivity contribution is -0.140. The Balaban J connectivity index is 1.29. The molecular weight excluding hydrogens is 1150 g/mol. The van der Waals surface area contributed by atoms with Crippen LogP contribution in [-0.2, 0) is 22.1 Å². The number of benzene rings is 1. The van der Waals surface area contributed by atoms with Crippen molar-refractivity contribution in [3.8, 4) is 0 Å². The van der Waals surface area contributed by atoms with Crippen molar-refractivity contribution in [2.24, 2.45) is 23.7 Å². The molecule has 91 heavy (non-hydrogen) atoms. The van der Waals surface area contributed by atoms with Crippen LogP contribution in [0.4, 0.5) is 17.6 Å². The number of rotatable bonds is 14. The minimum absolute atomic E-state index is 0.0183. The predicted octanol–water partition coefficient (Wildman–Crippen LogP) is 10.6. The monoisotopic (exact) mass is 1290 g/mol. The molecule has 3 heterocycles. The zero-order valence-electron chi connectivity index (χ0n) is 60.4. The Morgan fingerprint density at radius 2 is 1.31 bits per heavy atom. The summed E-state index contributed by atoms with van der Waals surface area (Å²) < 4.78 is 62.8. The van der Waals surface area contributed by atoms with Gasteiger partial charge in [-0.3, -0.25) is 14.6 Å². The lowest BCUT2D eigenvalue weighted by Gasteiger charge is -2.42. The van der Waals surface area contributed by atoms with Crippen LogP contribution in [0.1, 0.15) is 182 Å². The quantitative estimate of drug-likeness (QED) is 0.155. The predicted molar refractivity (Wildman–Crippen MR) is 371 cm³/mol. The number of carbonyl (C=O) groups is 1. The second-order valence-electron chi connectivity index (χ2n) is 31.0. The van der Waals surface area contributed by atoms with Crippen LogP contribution < -0.4 is 16.0 Å². The maximum absolute atomic E-state index is 15.1. The lowest BCUT2D eigenvalue weighted by atomic mass is 9.84. The summed E-state index contributed by atoms with van der Waals surface area (Å²) in [6, 6.07) is 4.91. The fourth-order valence-electron chi connectivity index (χ4n) is 16.2. The molecular formula is C73H136F4N12O2. The van der Waals surface area contributed by atoms with Gasteiger partial charge in [-0.25, -0.2) is 4.39 Å². The number of amides is 1. The third-order valence-corrected chi connectivity index (χ3v) is 22.3. The molecule has 0 bridgehead atoms. The normalized spacial score (nSPS) is 29.7. The van der Waals surface area contributed by atoms with Crippen molar-refractivity contribution in [2.75, 3.05) is 167 Å². The summed E-state index contributed by atoms with van der Waals surface area (Å²) in [4.78, 5) is 37.7. The summed E-state index contributed by atoms with van der Waals surface area (Å²) >= 11 is 0. The Labute approximate surface area is 553 Å². The van der Waals surface area contributed by atoms with E-state index in [1.54, 1.807) is 0 Å². The van der Waals surface area contributed by atoms with Gasteiger partial charge >= 0.3 is 6.18 Å². The first-order chi connectivity index (χ1) is 43.3. The van der Waals surface area contributed by atoms with E-state index >= 15 is 9.18 Å². The zero-order valence-corrected chi connectivity index (χ0v) is 60.4. The van der Waals surface area contributed by atoms with E-state index in [2.05, 4.69) is 158 Å². The van der Waals surface area contributed by atoms with Gasteiger partial charge < -0.3 is 55.0 Å². The van der Waals surface area contributed by atoms with Crippen molar-refractivity contribution < 1.29 is 27.1 Å². The van der Waals surface area contributed by atoms with E-state index in [0.717, 1.165) is 187 Å². The molecule has 14 nitrogen and oxygen atoms in total. The Bertz CT molecular complexity index is 2160. The highest BCUT2D eigenvalue weighted by Gasteiger charge is 2.41. The number of nitrogens with zero attached hydrogens (tertiary/aromatic N) is 9. The van der Waals surface area contributed by atoms with Crippen molar-refractivity contribution in [3.63, 3.8) is 0 Å². The molecule has 3 N–H and O–H groups in total. The van der Waals surface area contributed by atoms with E-state index in [1.165, 1.54) is 63.9 Å². The van der Waals surface area contributed by atoms with Gasteiger partial charge in [-0.05, 0) is 175 Å². The third kappa shape index (κ3) is 26.4. The van der Waals surface area contributed by atoms with Crippen LogP contribution in [0.15, 0.2) is 18.2 Å². The molecule has 0 radical (unpaired) electrons. The van der Waals surface area contributed by atoms with Crippen LogP contribution in [0.25, 0.3) is 0 Å². The zero-order chi connectivity index (χ0) is 66.3. The number of alkyl halides is 3. The molecule has 5 aliphatic rings. The molecule has 9 atom stereocenters. The summed E-state index contributed by atoms with van der Waals surface area (Å²) in [6.07, 6.45) is 17.3. The number of hydrogen-bond donors (Lipinski definition) is 3. The van der Waals surface area contributed by atoms with E-state index in [0.29, 0.717) is 66.8 Å². The summed E-state index contributed by atoms with van der Waals surface area (Å²) in [6.45, 7) is 32.2. The molecule has 1 aromatic carbocycles. The Morgan fingerprint density at radius 3 is 1.97 bits per heavy atom. The first kappa shape index (κ1) is 77.9. The van der Waals surface area contributed by atoms with E-state index in [1.807, 2.05) is 0 Å². The number of nitrogens with one attached hydrogen (secondary N) is 3. The number of aryl methyl sites for hydroxylation is 1. The van der Waals surface area contributed by atoms with Crippen LogP contribution in [0, 0.1) is 29.5 Å². The number of halogens is 4. The van der Waals surface area contributed by atoms with Crippen LogP contribution in [0.5, 0.6) is 0 Å². The first-order valence-electron chi connectivity index (χ1n) is 36.9. The van der Waals surface area contributed by atoms with Gasteiger partial charge in [-0.1, -0.05) is 99.0 Å². The fourth-order valence-corrected chi connectivity index (χ4v) is 16.2. The maximum atomic E-state index is 15.1. The Hall–Kier alpha value is -2.07. The molecule has 1 amide bonds. The SMILES string of the molecule is CCO[C@@H]1C[C@H]2CNC3(CCCC3)CN(C)[C@@H](CC(C)C)CN(C)[C@H](C(=O)N3CCCCC3)CCN(C)[C@@H](CC(C)C)CN[C@@H]([C@@H](C)CC)CN(C)CCN(C)CCN(C)[C@@H](CC3CCCCC3)CN(C)CCN[C@@H](CCc3ccc(C(F)(F)F)c(F)c3)CN2C1. The molecule has 0 aromatic heterocycles. The summed E-state index contributed by atoms with van der Waals surface area (Å²) in [5.41, 5.74) is -0.685. The molecule has 18 heteroatoms. The van der Waals surface area contributed by atoms with Gasteiger partial charge in [0, 0.05) is 160 Å². The Morgan fingerprint density at radius 1 is 0.659 bits per heavy atom.